The second kappa shape index (κ2) is 8.20. The van der Waals surface area contributed by atoms with Crippen LogP contribution in [0.3, 0.4) is 0 Å². The molecule has 0 amide bonds. The van der Waals surface area contributed by atoms with Crippen molar-refractivity contribution >= 4 is 5.69 Å². The van der Waals surface area contributed by atoms with Gasteiger partial charge in [-0.1, -0.05) is 25.1 Å². The van der Waals surface area contributed by atoms with Gasteiger partial charge in [0, 0.05) is 18.3 Å². The van der Waals surface area contributed by atoms with E-state index >= 15 is 0 Å². The molecule has 0 bridgehead atoms. The lowest BCUT2D eigenvalue weighted by molar-refractivity contribution is 0.317. The van der Waals surface area contributed by atoms with E-state index < -0.39 is 0 Å². The van der Waals surface area contributed by atoms with E-state index in [2.05, 4.69) is 24.4 Å². The van der Waals surface area contributed by atoms with Gasteiger partial charge >= 0.3 is 0 Å². The van der Waals surface area contributed by atoms with Crippen LogP contribution in [0.4, 0.5) is 5.69 Å². The van der Waals surface area contributed by atoms with E-state index in [-0.39, 0.29) is 0 Å². The molecule has 0 aliphatic carbocycles. The fourth-order valence-corrected chi connectivity index (χ4v) is 1.99. The molecule has 0 atom stereocenters. The van der Waals surface area contributed by atoms with E-state index in [9.17, 15) is 0 Å². The summed E-state index contributed by atoms with van der Waals surface area (Å²) in [6.45, 7) is 6.32. The maximum atomic E-state index is 5.63. The van der Waals surface area contributed by atoms with Crippen LogP contribution in [0, 0.1) is 0 Å². The molecule has 112 valence electrons. The number of hydrogen-bond acceptors (Lipinski definition) is 3. The number of anilines is 1. The van der Waals surface area contributed by atoms with Gasteiger partial charge in [-0.05, 0) is 43.2 Å². The smallest absolute Gasteiger partial charge is 0.121 e. The molecule has 3 nitrogen and oxygen atoms in total. The molecule has 2 rings (SSSR count). The molecule has 0 aliphatic heterocycles. The van der Waals surface area contributed by atoms with E-state index in [4.69, 9.17) is 9.47 Å². The van der Waals surface area contributed by atoms with E-state index in [0.717, 1.165) is 36.8 Å². The summed E-state index contributed by atoms with van der Waals surface area (Å²) in [5.74, 6) is 1.82. The zero-order valence-corrected chi connectivity index (χ0v) is 12.8. The van der Waals surface area contributed by atoms with Crippen LogP contribution in [0.1, 0.15) is 25.8 Å². The van der Waals surface area contributed by atoms with Crippen molar-refractivity contribution in [2.45, 2.75) is 26.8 Å². The average Bonchev–Trinajstić information content (AvgIpc) is 2.53. The lowest BCUT2D eigenvalue weighted by Crippen LogP contribution is -2.00. The van der Waals surface area contributed by atoms with Gasteiger partial charge in [0.15, 0.2) is 0 Å². The minimum absolute atomic E-state index is 0.697. The van der Waals surface area contributed by atoms with Crippen molar-refractivity contribution in [3.63, 3.8) is 0 Å². The highest BCUT2D eigenvalue weighted by Crippen LogP contribution is 2.19. The van der Waals surface area contributed by atoms with Crippen LogP contribution in [-0.4, -0.2) is 13.2 Å². The van der Waals surface area contributed by atoms with Crippen LogP contribution in [0.2, 0.25) is 0 Å². The summed E-state index contributed by atoms with van der Waals surface area (Å²) in [7, 11) is 0. The number of benzene rings is 2. The molecule has 0 aliphatic rings. The van der Waals surface area contributed by atoms with E-state index in [1.807, 2.05) is 43.3 Å². The highest BCUT2D eigenvalue weighted by Gasteiger charge is 1.98. The molecule has 0 radical (unpaired) electrons. The SMILES string of the molecule is CCCOc1cccc(NCc2ccc(OCC)cc2)c1. The third-order valence-corrected chi connectivity index (χ3v) is 3.04. The lowest BCUT2D eigenvalue weighted by Gasteiger charge is -2.10. The van der Waals surface area contributed by atoms with Crippen molar-refractivity contribution in [2.24, 2.45) is 0 Å². The zero-order chi connectivity index (χ0) is 14.9. The van der Waals surface area contributed by atoms with Crippen molar-refractivity contribution in [3.05, 3.63) is 54.1 Å². The first-order valence-electron chi connectivity index (χ1n) is 7.50. The van der Waals surface area contributed by atoms with Gasteiger partial charge in [0.05, 0.1) is 13.2 Å². The van der Waals surface area contributed by atoms with Crippen LogP contribution in [-0.2, 0) is 6.54 Å². The predicted molar refractivity (Wildman–Crippen MR) is 87.2 cm³/mol. The van der Waals surface area contributed by atoms with Crippen molar-refractivity contribution in [1.29, 1.82) is 0 Å². The van der Waals surface area contributed by atoms with Gasteiger partial charge < -0.3 is 14.8 Å². The largest absolute Gasteiger partial charge is 0.494 e. The molecule has 1 N–H and O–H groups in total. The quantitative estimate of drug-likeness (QED) is 0.775. The van der Waals surface area contributed by atoms with Crippen molar-refractivity contribution < 1.29 is 9.47 Å². The zero-order valence-electron chi connectivity index (χ0n) is 12.8. The molecule has 0 heterocycles. The molecule has 0 spiro atoms. The molecule has 2 aromatic carbocycles. The first kappa shape index (κ1) is 15.2. The fraction of sp³-hybridized carbons (Fsp3) is 0.333. The maximum absolute atomic E-state index is 5.63. The Morgan fingerprint density at radius 1 is 0.905 bits per heavy atom. The maximum Gasteiger partial charge on any atom is 0.121 e. The summed E-state index contributed by atoms with van der Waals surface area (Å²) in [5, 5.41) is 3.41. The van der Waals surface area contributed by atoms with Crippen LogP contribution >= 0.6 is 0 Å². The van der Waals surface area contributed by atoms with Gasteiger partial charge in [0.25, 0.3) is 0 Å². The molecule has 2 aromatic rings. The summed E-state index contributed by atoms with van der Waals surface area (Å²) < 4.78 is 11.1. The van der Waals surface area contributed by atoms with Gasteiger partial charge in [-0.25, -0.2) is 0 Å². The normalized spacial score (nSPS) is 10.2. The molecule has 3 heteroatoms. The topological polar surface area (TPSA) is 30.5 Å². The van der Waals surface area contributed by atoms with Crippen LogP contribution in [0.15, 0.2) is 48.5 Å². The first-order valence-corrected chi connectivity index (χ1v) is 7.50. The highest BCUT2D eigenvalue weighted by molar-refractivity contribution is 5.48. The van der Waals surface area contributed by atoms with E-state index in [0.29, 0.717) is 6.61 Å². The minimum Gasteiger partial charge on any atom is -0.494 e. The average molecular weight is 285 g/mol. The second-order valence-electron chi connectivity index (χ2n) is 4.81. The molecular weight excluding hydrogens is 262 g/mol. The number of nitrogens with one attached hydrogen (secondary N) is 1. The van der Waals surface area contributed by atoms with E-state index in [1.165, 1.54) is 5.56 Å². The standard InChI is InChI=1S/C18H23NO2/c1-3-12-21-18-7-5-6-16(13-18)19-14-15-8-10-17(11-9-15)20-4-2/h5-11,13,19H,3-4,12,14H2,1-2H3. The number of ether oxygens (including phenoxy) is 2. The van der Waals surface area contributed by atoms with Crippen molar-refractivity contribution in [2.75, 3.05) is 18.5 Å². The fourth-order valence-electron chi connectivity index (χ4n) is 1.99. The van der Waals surface area contributed by atoms with Gasteiger partial charge in [-0.2, -0.15) is 0 Å². The highest BCUT2D eigenvalue weighted by atomic mass is 16.5. The molecule has 0 saturated heterocycles. The van der Waals surface area contributed by atoms with E-state index in [1.54, 1.807) is 0 Å². The Labute approximate surface area is 126 Å². The number of hydrogen-bond donors (Lipinski definition) is 1. The van der Waals surface area contributed by atoms with Crippen LogP contribution in [0.25, 0.3) is 0 Å². The Kier molecular flexibility index (Phi) is 5.95. The Hall–Kier alpha value is -2.16. The van der Waals surface area contributed by atoms with Gasteiger partial charge in [0.1, 0.15) is 11.5 Å². The summed E-state index contributed by atoms with van der Waals surface area (Å²) in [4.78, 5) is 0. The van der Waals surface area contributed by atoms with Crippen molar-refractivity contribution in [1.82, 2.24) is 0 Å². The Bertz CT molecular complexity index is 537. The molecule has 21 heavy (non-hydrogen) atoms. The van der Waals surface area contributed by atoms with Gasteiger partial charge in [-0.15, -0.1) is 0 Å². The predicted octanol–water partition coefficient (Wildman–Crippen LogP) is 4.49. The summed E-state index contributed by atoms with van der Waals surface area (Å²) in [6, 6.07) is 16.2. The van der Waals surface area contributed by atoms with Gasteiger partial charge in [0.2, 0.25) is 0 Å². The molecule has 0 saturated carbocycles. The second-order valence-corrected chi connectivity index (χ2v) is 4.81. The number of rotatable bonds is 8. The summed E-state index contributed by atoms with van der Waals surface area (Å²) in [5.41, 5.74) is 2.29. The Morgan fingerprint density at radius 3 is 2.43 bits per heavy atom. The minimum atomic E-state index is 0.697. The van der Waals surface area contributed by atoms with Crippen LogP contribution in [0.5, 0.6) is 11.5 Å². The summed E-state index contributed by atoms with van der Waals surface area (Å²) >= 11 is 0. The molecule has 0 unspecified atom stereocenters. The summed E-state index contributed by atoms with van der Waals surface area (Å²) in [6.07, 6.45) is 1.02. The van der Waals surface area contributed by atoms with Gasteiger partial charge in [-0.3, -0.25) is 0 Å². The van der Waals surface area contributed by atoms with Crippen molar-refractivity contribution in [3.8, 4) is 11.5 Å². The lowest BCUT2D eigenvalue weighted by atomic mass is 10.2. The van der Waals surface area contributed by atoms with Crippen LogP contribution < -0.4 is 14.8 Å². The Morgan fingerprint density at radius 2 is 1.71 bits per heavy atom. The third-order valence-electron chi connectivity index (χ3n) is 3.04. The third kappa shape index (κ3) is 5.03. The molecule has 0 fully saturated rings. The first-order chi connectivity index (χ1) is 10.3. The molecular formula is C18H23NO2. The molecule has 0 aromatic heterocycles. The Balaban J connectivity index is 1.90. The monoisotopic (exact) mass is 285 g/mol.